The monoisotopic (exact) mass is 352 g/mol. The molecule has 1 heterocycles. The molecule has 1 aliphatic rings. The van der Waals surface area contributed by atoms with Gasteiger partial charge in [0.15, 0.2) is 0 Å². The number of amides is 1. The summed E-state index contributed by atoms with van der Waals surface area (Å²) in [5.41, 5.74) is 3.50. The van der Waals surface area contributed by atoms with Gasteiger partial charge in [-0.05, 0) is 57.2 Å². The molecule has 2 rings (SSSR count). The normalized spacial score (nSPS) is 20.6. The second kappa shape index (κ2) is 7.66. The van der Waals surface area contributed by atoms with Gasteiger partial charge in [0, 0.05) is 13.1 Å². The topological polar surface area (TPSA) is 66.5 Å². The first-order valence-electron chi connectivity index (χ1n) is 8.60. The summed E-state index contributed by atoms with van der Waals surface area (Å²) in [5.74, 6) is -0.244. The Morgan fingerprint density at radius 2 is 2.04 bits per heavy atom. The number of carbonyl (C=O) groups is 1. The highest BCUT2D eigenvalue weighted by Crippen LogP contribution is 2.22. The Kier molecular flexibility index (Phi) is 6.04. The van der Waals surface area contributed by atoms with Gasteiger partial charge in [-0.25, -0.2) is 12.7 Å². The molecular formula is C18H28N2O3S. The highest BCUT2D eigenvalue weighted by atomic mass is 32.2. The Hall–Kier alpha value is -1.40. The Balaban J connectivity index is 2.02. The van der Waals surface area contributed by atoms with Crippen LogP contribution >= 0.6 is 0 Å². The Morgan fingerprint density at radius 3 is 2.67 bits per heavy atom. The maximum Gasteiger partial charge on any atom is 0.224 e. The number of benzene rings is 1. The van der Waals surface area contributed by atoms with Gasteiger partial charge in [0.2, 0.25) is 15.9 Å². The minimum Gasteiger partial charge on any atom is -0.349 e. The van der Waals surface area contributed by atoms with Gasteiger partial charge < -0.3 is 5.32 Å². The molecule has 1 N–H and O–H groups in total. The minimum atomic E-state index is -3.23. The number of carbonyl (C=O) groups excluding carboxylic acids is 1. The Morgan fingerprint density at radius 1 is 1.33 bits per heavy atom. The highest BCUT2D eigenvalue weighted by Gasteiger charge is 2.31. The highest BCUT2D eigenvalue weighted by molar-refractivity contribution is 7.89. The molecule has 0 aliphatic carbocycles. The zero-order chi connectivity index (χ0) is 17.9. The van der Waals surface area contributed by atoms with Crippen LogP contribution in [0.2, 0.25) is 0 Å². The summed E-state index contributed by atoms with van der Waals surface area (Å²) in [5, 5.41) is 3.04. The van der Waals surface area contributed by atoms with Crippen molar-refractivity contribution in [2.75, 3.05) is 18.8 Å². The van der Waals surface area contributed by atoms with Crippen molar-refractivity contribution < 1.29 is 13.2 Å². The Bertz CT molecular complexity index is 700. The fraction of sp³-hybridized carbons (Fsp3) is 0.611. The largest absolute Gasteiger partial charge is 0.349 e. The molecule has 1 aliphatic heterocycles. The van der Waals surface area contributed by atoms with E-state index in [1.807, 2.05) is 13.0 Å². The summed E-state index contributed by atoms with van der Waals surface area (Å²) in [6.45, 7) is 8.54. The van der Waals surface area contributed by atoms with Gasteiger partial charge in [0.05, 0.1) is 17.7 Å². The maximum absolute atomic E-state index is 12.6. The number of piperidine rings is 1. The lowest BCUT2D eigenvalue weighted by molar-refractivity contribution is -0.126. The molecule has 24 heavy (non-hydrogen) atoms. The van der Waals surface area contributed by atoms with Crippen molar-refractivity contribution in [3.63, 3.8) is 0 Å². The second-order valence-electron chi connectivity index (χ2n) is 6.67. The molecule has 0 aromatic heterocycles. The van der Waals surface area contributed by atoms with Gasteiger partial charge in [-0.2, -0.15) is 0 Å². The zero-order valence-electron chi connectivity index (χ0n) is 15.0. The van der Waals surface area contributed by atoms with Crippen LogP contribution in [0, 0.1) is 19.8 Å². The number of sulfonamides is 1. The number of aryl methyl sites for hydroxylation is 2. The van der Waals surface area contributed by atoms with Crippen LogP contribution in [0.3, 0.4) is 0 Å². The Labute approximate surface area is 145 Å². The molecule has 5 nitrogen and oxygen atoms in total. The molecule has 6 heteroatoms. The van der Waals surface area contributed by atoms with Gasteiger partial charge >= 0.3 is 0 Å². The molecule has 2 atom stereocenters. The number of nitrogens with zero attached hydrogens (tertiary/aromatic N) is 1. The van der Waals surface area contributed by atoms with Crippen LogP contribution in [0.15, 0.2) is 18.2 Å². The van der Waals surface area contributed by atoms with E-state index >= 15 is 0 Å². The van der Waals surface area contributed by atoms with E-state index in [-0.39, 0.29) is 23.6 Å². The third-order valence-electron chi connectivity index (χ3n) is 4.90. The number of hydrogen-bond donors (Lipinski definition) is 1. The lowest BCUT2D eigenvalue weighted by atomic mass is 9.97. The molecular weight excluding hydrogens is 324 g/mol. The van der Waals surface area contributed by atoms with Crippen molar-refractivity contribution in [2.45, 2.75) is 46.6 Å². The summed E-state index contributed by atoms with van der Waals surface area (Å²) in [6, 6.07) is 6.09. The van der Waals surface area contributed by atoms with Crippen LogP contribution in [0.4, 0.5) is 0 Å². The molecule has 0 saturated carbocycles. The molecule has 134 valence electrons. The number of rotatable bonds is 5. The van der Waals surface area contributed by atoms with Crippen LogP contribution in [-0.4, -0.2) is 37.5 Å². The molecule has 0 radical (unpaired) electrons. The van der Waals surface area contributed by atoms with E-state index in [9.17, 15) is 13.2 Å². The van der Waals surface area contributed by atoms with Crippen LogP contribution in [0.25, 0.3) is 0 Å². The molecule has 0 unspecified atom stereocenters. The molecule has 0 spiro atoms. The molecule has 1 aromatic carbocycles. The van der Waals surface area contributed by atoms with Gasteiger partial charge in [-0.1, -0.05) is 18.2 Å². The first-order chi connectivity index (χ1) is 11.2. The third-order valence-corrected chi connectivity index (χ3v) is 6.75. The maximum atomic E-state index is 12.6. The van der Waals surface area contributed by atoms with Gasteiger partial charge in [0.1, 0.15) is 0 Å². The minimum absolute atomic E-state index is 0.0586. The van der Waals surface area contributed by atoms with Gasteiger partial charge in [-0.3, -0.25) is 4.79 Å². The van der Waals surface area contributed by atoms with Crippen LogP contribution < -0.4 is 5.32 Å². The smallest absolute Gasteiger partial charge is 0.224 e. The average molecular weight is 353 g/mol. The molecule has 1 fully saturated rings. The third kappa shape index (κ3) is 4.36. The quantitative estimate of drug-likeness (QED) is 0.885. The van der Waals surface area contributed by atoms with Crippen molar-refractivity contribution in [1.29, 1.82) is 0 Å². The summed E-state index contributed by atoms with van der Waals surface area (Å²) in [4.78, 5) is 12.6. The van der Waals surface area contributed by atoms with E-state index in [4.69, 9.17) is 0 Å². The molecule has 1 aromatic rings. The van der Waals surface area contributed by atoms with E-state index < -0.39 is 10.0 Å². The van der Waals surface area contributed by atoms with Crippen LogP contribution in [-0.2, 0) is 14.8 Å². The van der Waals surface area contributed by atoms with E-state index in [1.54, 1.807) is 6.92 Å². The predicted octanol–water partition coefficient (Wildman–Crippen LogP) is 2.54. The van der Waals surface area contributed by atoms with Crippen molar-refractivity contribution in [3.05, 3.63) is 34.9 Å². The fourth-order valence-corrected chi connectivity index (χ4v) is 4.22. The van der Waals surface area contributed by atoms with Crippen LogP contribution in [0.1, 0.15) is 49.4 Å². The summed E-state index contributed by atoms with van der Waals surface area (Å²) in [7, 11) is -3.23. The predicted molar refractivity (Wildman–Crippen MR) is 96.2 cm³/mol. The standard InChI is InChI=1S/C18H28N2O3S/c1-5-24(22,23)20-10-6-7-17(12-20)18(21)19-15(4)16-9-8-13(2)14(3)11-16/h8-9,11,15,17H,5-7,10,12H2,1-4H3,(H,19,21)/t15-,17-/m0/s1. The zero-order valence-corrected chi connectivity index (χ0v) is 15.8. The van der Waals surface area contributed by atoms with E-state index in [2.05, 4.69) is 31.3 Å². The molecule has 1 saturated heterocycles. The number of nitrogens with one attached hydrogen (secondary N) is 1. The van der Waals surface area contributed by atoms with E-state index in [0.29, 0.717) is 13.1 Å². The van der Waals surface area contributed by atoms with Crippen LogP contribution in [0.5, 0.6) is 0 Å². The van der Waals surface area contributed by atoms with Gasteiger partial charge in [-0.15, -0.1) is 0 Å². The SMILES string of the molecule is CCS(=O)(=O)N1CCC[C@H](C(=O)N[C@@H](C)c2ccc(C)c(C)c2)C1. The second-order valence-corrected chi connectivity index (χ2v) is 8.93. The summed E-state index contributed by atoms with van der Waals surface area (Å²) in [6.07, 6.45) is 1.47. The fourth-order valence-electron chi connectivity index (χ4n) is 3.04. The van der Waals surface area contributed by atoms with Crippen molar-refractivity contribution in [3.8, 4) is 0 Å². The van der Waals surface area contributed by atoms with E-state index in [0.717, 1.165) is 18.4 Å². The van der Waals surface area contributed by atoms with E-state index in [1.165, 1.54) is 15.4 Å². The lowest BCUT2D eigenvalue weighted by Gasteiger charge is -2.31. The first-order valence-corrected chi connectivity index (χ1v) is 10.2. The lowest BCUT2D eigenvalue weighted by Crippen LogP contribution is -2.46. The number of hydrogen-bond acceptors (Lipinski definition) is 3. The van der Waals surface area contributed by atoms with Crippen molar-refractivity contribution in [1.82, 2.24) is 9.62 Å². The summed E-state index contributed by atoms with van der Waals surface area (Å²) < 4.78 is 25.5. The summed E-state index contributed by atoms with van der Waals surface area (Å²) >= 11 is 0. The van der Waals surface area contributed by atoms with Crippen molar-refractivity contribution >= 4 is 15.9 Å². The van der Waals surface area contributed by atoms with Crippen molar-refractivity contribution in [2.24, 2.45) is 5.92 Å². The first kappa shape index (κ1) is 18.9. The average Bonchev–Trinajstić information content (AvgIpc) is 2.57. The molecule has 1 amide bonds. The molecule has 0 bridgehead atoms. The van der Waals surface area contributed by atoms with Gasteiger partial charge in [0.25, 0.3) is 0 Å².